The number of carboxylic acids is 1. The fraction of sp³-hybridized carbons (Fsp3) is 0.526. The summed E-state index contributed by atoms with van der Waals surface area (Å²) < 4.78 is 0. The summed E-state index contributed by atoms with van der Waals surface area (Å²) in [5.41, 5.74) is 0.941. The highest BCUT2D eigenvalue weighted by molar-refractivity contribution is 5.80. The molecule has 0 saturated carbocycles. The van der Waals surface area contributed by atoms with E-state index in [4.69, 9.17) is 5.11 Å². The van der Waals surface area contributed by atoms with Crippen molar-refractivity contribution in [2.45, 2.75) is 51.0 Å². The molecule has 1 aliphatic rings. The SMILES string of the molecule is O=C(O)CCC1CCCCN1C(=O)CCNC(=O)Cc1ccccc1. The summed E-state index contributed by atoms with van der Waals surface area (Å²) in [6.45, 7) is 0.994. The Bertz CT molecular complexity index is 588. The predicted molar refractivity (Wildman–Crippen MR) is 94.0 cm³/mol. The van der Waals surface area contributed by atoms with E-state index >= 15 is 0 Å². The number of piperidine rings is 1. The Labute approximate surface area is 148 Å². The zero-order valence-electron chi connectivity index (χ0n) is 14.4. The van der Waals surface area contributed by atoms with Crippen molar-refractivity contribution in [2.24, 2.45) is 0 Å². The molecule has 0 bridgehead atoms. The first kappa shape index (κ1) is 19.0. The van der Waals surface area contributed by atoms with Crippen molar-refractivity contribution in [1.29, 1.82) is 0 Å². The van der Waals surface area contributed by atoms with E-state index < -0.39 is 5.97 Å². The van der Waals surface area contributed by atoms with Crippen LogP contribution < -0.4 is 5.32 Å². The second-order valence-corrected chi connectivity index (χ2v) is 6.43. The van der Waals surface area contributed by atoms with Crippen LogP contribution in [0.2, 0.25) is 0 Å². The molecule has 136 valence electrons. The molecule has 2 N–H and O–H groups in total. The van der Waals surface area contributed by atoms with Gasteiger partial charge in [0.25, 0.3) is 0 Å². The number of carbonyl (C=O) groups is 3. The molecule has 0 radical (unpaired) electrons. The minimum Gasteiger partial charge on any atom is -0.481 e. The number of benzene rings is 1. The first-order valence-corrected chi connectivity index (χ1v) is 8.88. The molecule has 6 nitrogen and oxygen atoms in total. The van der Waals surface area contributed by atoms with Crippen molar-refractivity contribution in [1.82, 2.24) is 10.2 Å². The number of rotatable bonds is 8. The molecule has 1 aliphatic heterocycles. The third-order valence-corrected chi connectivity index (χ3v) is 4.51. The van der Waals surface area contributed by atoms with Crippen molar-refractivity contribution in [3.63, 3.8) is 0 Å². The van der Waals surface area contributed by atoms with Gasteiger partial charge in [-0.25, -0.2) is 0 Å². The molecule has 1 unspecified atom stereocenters. The minimum atomic E-state index is -0.828. The fourth-order valence-corrected chi connectivity index (χ4v) is 3.22. The van der Waals surface area contributed by atoms with Crippen molar-refractivity contribution in [2.75, 3.05) is 13.1 Å². The lowest BCUT2D eigenvalue weighted by Crippen LogP contribution is -2.45. The lowest BCUT2D eigenvalue weighted by molar-refractivity contribution is -0.140. The zero-order valence-corrected chi connectivity index (χ0v) is 14.4. The average molecular weight is 346 g/mol. The maximum atomic E-state index is 12.4. The summed E-state index contributed by atoms with van der Waals surface area (Å²) in [4.78, 5) is 36.9. The van der Waals surface area contributed by atoms with Gasteiger partial charge in [-0.15, -0.1) is 0 Å². The van der Waals surface area contributed by atoms with Gasteiger partial charge in [0.1, 0.15) is 0 Å². The van der Waals surface area contributed by atoms with Crippen LogP contribution in [0.4, 0.5) is 0 Å². The largest absolute Gasteiger partial charge is 0.481 e. The third kappa shape index (κ3) is 6.57. The molecule has 1 fully saturated rings. The molecule has 0 aromatic heterocycles. The topological polar surface area (TPSA) is 86.7 Å². The van der Waals surface area contributed by atoms with Crippen molar-refractivity contribution in [3.05, 3.63) is 35.9 Å². The second-order valence-electron chi connectivity index (χ2n) is 6.43. The van der Waals surface area contributed by atoms with Crippen LogP contribution in [0, 0.1) is 0 Å². The summed E-state index contributed by atoms with van der Waals surface area (Å²) in [7, 11) is 0. The number of carbonyl (C=O) groups excluding carboxylic acids is 2. The lowest BCUT2D eigenvalue weighted by Gasteiger charge is -2.35. The van der Waals surface area contributed by atoms with Gasteiger partial charge in [-0.05, 0) is 31.2 Å². The van der Waals surface area contributed by atoms with Gasteiger partial charge < -0.3 is 15.3 Å². The molecule has 1 aromatic rings. The highest BCUT2D eigenvalue weighted by Crippen LogP contribution is 2.21. The predicted octanol–water partition coefficient (Wildman–Crippen LogP) is 1.98. The van der Waals surface area contributed by atoms with Gasteiger partial charge in [0.05, 0.1) is 6.42 Å². The Hall–Kier alpha value is -2.37. The molecular formula is C19H26N2O4. The first-order chi connectivity index (χ1) is 12.1. The molecule has 0 aliphatic carbocycles. The standard InChI is InChI=1S/C19H26N2O4/c22-17(14-15-6-2-1-3-7-15)20-12-11-18(23)21-13-5-4-8-16(21)9-10-19(24)25/h1-3,6-7,16H,4-5,8-14H2,(H,20,22)(H,24,25). The maximum Gasteiger partial charge on any atom is 0.303 e. The highest BCUT2D eigenvalue weighted by Gasteiger charge is 2.26. The van der Waals surface area contributed by atoms with E-state index in [-0.39, 0.29) is 30.7 Å². The molecule has 1 saturated heterocycles. The Morgan fingerprint density at radius 3 is 2.60 bits per heavy atom. The van der Waals surface area contributed by atoms with Gasteiger partial charge in [0.2, 0.25) is 11.8 Å². The highest BCUT2D eigenvalue weighted by atomic mass is 16.4. The quantitative estimate of drug-likeness (QED) is 0.753. The molecule has 2 amide bonds. The van der Waals surface area contributed by atoms with E-state index in [9.17, 15) is 14.4 Å². The number of amides is 2. The van der Waals surface area contributed by atoms with Gasteiger partial charge in [0.15, 0.2) is 0 Å². The van der Waals surface area contributed by atoms with Crippen LogP contribution in [-0.2, 0) is 20.8 Å². The number of hydrogen-bond acceptors (Lipinski definition) is 3. The summed E-state index contributed by atoms with van der Waals surface area (Å²) in [5.74, 6) is -0.929. The van der Waals surface area contributed by atoms with Gasteiger partial charge in [-0.3, -0.25) is 14.4 Å². The lowest BCUT2D eigenvalue weighted by atomic mass is 9.97. The molecule has 25 heavy (non-hydrogen) atoms. The molecule has 1 heterocycles. The van der Waals surface area contributed by atoms with E-state index in [1.54, 1.807) is 4.90 Å². The third-order valence-electron chi connectivity index (χ3n) is 4.51. The number of hydrogen-bond donors (Lipinski definition) is 2. The summed E-state index contributed by atoms with van der Waals surface area (Å²) in [6, 6.07) is 9.48. The summed E-state index contributed by atoms with van der Waals surface area (Å²) >= 11 is 0. The molecule has 1 aromatic carbocycles. The van der Waals surface area contributed by atoms with E-state index in [0.29, 0.717) is 25.9 Å². The van der Waals surface area contributed by atoms with E-state index in [1.807, 2.05) is 30.3 Å². The minimum absolute atomic E-state index is 0.00454. The van der Waals surface area contributed by atoms with E-state index in [1.165, 1.54) is 0 Å². The smallest absolute Gasteiger partial charge is 0.303 e. The van der Waals surface area contributed by atoms with Crippen LogP contribution >= 0.6 is 0 Å². The van der Waals surface area contributed by atoms with Crippen LogP contribution in [0.3, 0.4) is 0 Å². The average Bonchev–Trinajstić information content (AvgIpc) is 2.61. The van der Waals surface area contributed by atoms with Gasteiger partial charge in [-0.2, -0.15) is 0 Å². The molecule has 0 spiro atoms. The van der Waals surface area contributed by atoms with Crippen molar-refractivity contribution >= 4 is 17.8 Å². The molecule has 2 rings (SSSR count). The van der Waals surface area contributed by atoms with Crippen LogP contribution in [0.15, 0.2) is 30.3 Å². The second kappa shape index (κ2) is 9.81. The van der Waals surface area contributed by atoms with Crippen LogP contribution in [0.1, 0.15) is 44.1 Å². The van der Waals surface area contributed by atoms with Crippen LogP contribution in [0.5, 0.6) is 0 Å². The number of nitrogens with zero attached hydrogens (tertiary/aromatic N) is 1. The number of nitrogens with one attached hydrogen (secondary N) is 1. The summed E-state index contributed by atoms with van der Waals surface area (Å²) in [5, 5.41) is 11.6. The van der Waals surface area contributed by atoms with Gasteiger partial charge in [0, 0.05) is 32.0 Å². The summed E-state index contributed by atoms with van der Waals surface area (Å²) in [6.07, 6.45) is 3.99. The van der Waals surface area contributed by atoms with Gasteiger partial charge >= 0.3 is 5.97 Å². The normalized spacial score (nSPS) is 17.1. The van der Waals surface area contributed by atoms with E-state index in [0.717, 1.165) is 24.8 Å². The van der Waals surface area contributed by atoms with E-state index in [2.05, 4.69) is 5.32 Å². The number of carboxylic acid groups (broad SMARTS) is 1. The van der Waals surface area contributed by atoms with Crippen molar-refractivity contribution in [3.8, 4) is 0 Å². The zero-order chi connectivity index (χ0) is 18.1. The maximum absolute atomic E-state index is 12.4. The fourth-order valence-electron chi connectivity index (χ4n) is 3.22. The Kier molecular flexibility index (Phi) is 7.44. The van der Waals surface area contributed by atoms with Crippen molar-refractivity contribution < 1.29 is 19.5 Å². The monoisotopic (exact) mass is 346 g/mol. The molecule has 1 atom stereocenters. The van der Waals surface area contributed by atoms with Gasteiger partial charge in [-0.1, -0.05) is 30.3 Å². The number of aliphatic carboxylic acids is 1. The Balaban J connectivity index is 1.74. The molecular weight excluding hydrogens is 320 g/mol. The molecule has 6 heteroatoms. The Morgan fingerprint density at radius 2 is 1.88 bits per heavy atom. The number of likely N-dealkylation sites (tertiary alicyclic amines) is 1. The van der Waals surface area contributed by atoms with Crippen LogP contribution in [-0.4, -0.2) is 46.9 Å². The van der Waals surface area contributed by atoms with Crippen LogP contribution in [0.25, 0.3) is 0 Å². The first-order valence-electron chi connectivity index (χ1n) is 8.88. The Morgan fingerprint density at radius 1 is 1.12 bits per heavy atom.